The van der Waals surface area contributed by atoms with Crippen LogP contribution in [0, 0.1) is 13.8 Å². The molecule has 1 aromatic carbocycles. The van der Waals surface area contributed by atoms with Gasteiger partial charge >= 0.3 is 0 Å². The standard InChI is InChI=1S/C21H28N2O3/c1-14-10-20(21(24)13-22-11-15(2)26-16(3)12-22)17(4)23(14)18-6-8-19(25-5)9-7-18/h6-10,15-16H,11-13H2,1-5H3/p+1. The highest BCUT2D eigenvalue weighted by atomic mass is 16.5. The number of carbonyl (C=O) groups is 1. The minimum Gasteiger partial charge on any atom is -0.497 e. The third-order valence-electron chi connectivity index (χ3n) is 5.09. The van der Waals surface area contributed by atoms with E-state index in [9.17, 15) is 4.79 Å². The largest absolute Gasteiger partial charge is 0.497 e. The Balaban J connectivity index is 1.81. The fraction of sp³-hybridized carbons (Fsp3) is 0.476. The zero-order valence-electron chi connectivity index (χ0n) is 16.3. The fourth-order valence-electron chi connectivity index (χ4n) is 4.03. The monoisotopic (exact) mass is 357 g/mol. The molecular formula is C21H29N2O3+. The predicted octanol–water partition coefficient (Wildman–Crippen LogP) is 1.98. The molecule has 3 rings (SSSR count). The first-order valence-corrected chi connectivity index (χ1v) is 9.24. The number of aryl methyl sites for hydroxylation is 1. The summed E-state index contributed by atoms with van der Waals surface area (Å²) in [4.78, 5) is 14.3. The summed E-state index contributed by atoms with van der Waals surface area (Å²) in [6.45, 7) is 10.5. The average molecular weight is 357 g/mol. The van der Waals surface area contributed by atoms with Gasteiger partial charge in [-0.05, 0) is 58.0 Å². The second-order valence-electron chi connectivity index (χ2n) is 7.33. The number of ketones is 1. The van der Waals surface area contributed by atoms with Gasteiger partial charge in [-0.15, -0.1) is 0 Å². The van der Waals surface area contributed by atoms with E-state index in [1.807, 2.05) is 44.2 Å². The number of ether oxygens (including phenoxy) is 2. The maximum absolute atomic E-state index is 12.9. The summed E-state index contributed by atoms with van der Waals surface area (Å²) >= 11 is 0. The van der Waals surface area contributed by atoms with Crippen LogP contribution in [0.3, 0.4) is 0 Å². The van der Waals surface area contributed by atoms with Gasteiger partial charge in [0.25, 0.3) is 0 Å². The number of rotatable bonds is 5. The van der Waals surface area contributed by atoms with Crippen LogP contribution in [0.25, 0.3) is 5.69 Å². The van der Waals surface area contributed by atoms with E-state index in [4.69, 9.17) is 9.47 Å². The summed E-state index contributed by atoms with van der Waals surface area (Å²) in [7, 11) is 1.66. The Kier molecular flexibility index (Phi) is 5.49. The van der Waals surface area contributed by atoms with Crippen molar-refractivity contribution >= 4 is 5.78 Å². The molecule has 140 valence electrons. The summed E-state index contributed by atoms with van der Waals surface area (Å²) in [5.74, 6) is 1.03. The van der Waals surface area contributed by atoms with Gasteiger partial charge < -0.3 is 18.9 Å². The van der Waals surface area contributed by atoms with Crippen molar-refractivity contribution < 1.29 is 19.2 Å². The van der Waals surface area contributed by atoms with Gasteiger partial charge in [0, 0.05) is 22.6 Å². The zero-order valence-corrected chi connectivity index (χ0v) is 16.3. The molecule has 1 aromatic heterocycles. The molecule has 1 fully saturated rings. The van der Waals surface area contributed by atoms with Crippen LogP contribution in [0.5, 0.6) is 5.75 Å². The Morgan fingerprint density at radius 1 is 1.19 bits per heavy atom. The lowest BCUT2D eigenvalue weighted by molar-refractivity contribution is -0.906. The van der Waals surface area contributed by atoms with Crippen molar-refractivity contribution in [1.82, 2.24) is 4.57 Å². The molecule has 1 aliphatic heterocycles. The maximum Gasteiger partial charge on any atom is 0.218 e. The van der Waals surface area contributed by atoms with E-state index in [1.165, 1.54) is 4.90 Å². The summed E-state index contributed by atoms with van der Waals surface area (Å²) in [5, 5.41) is 0. The molecule has 1 N–H and O–H groups in total. The Labute approximate surface area is 155 Å². The number of morpholine rings is 1. The number of hydrogen-bond donors (Lipinski definition) is 1. The molecule has 1 aliphatic rings. The van der Waals surface area contributed by atoms with Crippen molar-refractivity contribution in [2.24, 2.45) is 0 Å². The van der Waals surface area contributed by atoms with E-state index in [0.717, 1.165) is 41.5 Å². The zero-order chi connectivity index (χ0) is 18.8. The minimum absolute atomic E-state index is 0.202. The molecule has 26 heavy (non-hydrogen) atoms. The van der Waals surface area contributed by atoms with Gasteiger partial charge in [0.05, 0.1) is 7.11 Å². The average Bonchev–Trinajstić information content (AvgIpc) is 2.89. The number of nitrogens with zero attached hydrogens (tertiary/aromatic N) is 1. The van der Waals surface area contributed by atoms with Crippen LogP contribution in [0.15, 0.2) is 30.3 Å². The van der Waals surface area contributed by atoms with E-state index >= 15 is 0 Å². The topological polar surface area (TPSA) is 44.9 Å². The number of methoxy groups -OCH3 is 1. The van der Waals surface area contributed by atoms with Gasteiger partial charge in [0.2, 0.25) is 5.78 Å². The van der Waals surface area contributed by atoms with Gasteiger partial charge in [-0.2, -0.15) is 0 Å². The van der Waals surface area contributed by atoms with E-state index in [2.05, 4.69) is 18.4 Å². The predicted molar refractivity (Wildman–Crippen MR) is 102 cm³/mol. The van der Waals surface area contributed by atoms with E-state index in [1.54, 1.807) is 7.11 Å². The van der Waals surface area contributed by atoms with Gasteiger partial charge in [0.15, 0.2) is 0 Å². The Bertz CT molecular complexity index is 769. The quantitative estimate of drug-likeness (QED) is 0.833. The lowest BCUT2D eigenvalue weighted by atomic mass is 10.1. The number of aromatic nitrogens is 1. The van der Waals surface area contributed by atoms with Crippen LogP contribution in [-0.4, -0.2) is 49.3 Å². The SMILES string of the molecule is COc1ccc(-n2c(C)cc(C(=O)C[NH+]3CC(C)OC(C)C3)c2C)cc1. The van der Waals surface area contributed by atoms with Crippen LogP contribution in [0.4, 0.5) is 0 Å². The summed E-state index contributed by atoms with van der Waals surface area (Å²) in [6, 6.07) is 9.93. The minimum atomic E-state index is 0.202. The lowest BCUT2D eigenvalue weighted by Crippen LogP contribution is -3.16. The molecule has 0 amide bonds. The Morgan fingerprint density at radius 2 is 1.81 bits per heavy atom. The van der Waals surface area contributed by atoms with E-state index in [-0.39, 0.29) is 18.0 Å². The molecular weight excluding hydrogens is 328 g/mol. The molecule has 0 aliphatic carbocycles. The van der Waals surface area contributed by atoms with Crippen LogP contribution >= 0.6 is 0 Å². The lowest BCUT2D eigenvalue weighted by Gasteiger charge is -2.31. The highest BCUT2D eigenvalue weighted by Crippen LogP contribution is 2.23. The highest BCUT2D eigenvalue weighted by Gasteiger charge is 2.28. The number of hydrogen-bond acceptors (Lipinski definition) is 3. The molecule has 2 atom stereocenters. The summed E-state index contributed by atoms with van der Waals surface area (Å²) in [6.07, 6.45) is 0.404. The number of Topliss-reactive ketones (excluding diaryl/α,β-unsaturated/α-hetero) is 1. The highest BCUT2D eigenvalue weighted by molar-refractivity contribution is 5.98. The Morgan fingerprint density at radius 3 is 2.38 bits per heavy atom. The molecule has 0 radical (unpaired) electrons. The van der Waals surface area contributed by atoms with Crippen LogP contribution in [0.1, 0.15) is 35.6 Å². The van der Waals surface area contributed by atoms with Crippen LogP contribution < -0.4 is 9.64 Å². The second kappa shape index (κ2) is 7.64. The first-order chi connectivity index (χ1) is 12.4. The number of nitrogens with one attached hydrogen (secondary N) is 1. The summed E-state index contributed by atoms with van der Waals surface area (Å²) in [5.41, 5.74) is 3.92. The molecule has 5 nitrogen and oxygen atoms in total. The molecule has 2 heterocycles. The summed E-state index contributed by atoms with van der Waals surface area (Å²) < 4.78 is 13.1. The van der Waals surface area contributed by atoms with Crippen molar-refractivity contribution in [3.63, 3.8) is 0 Å². The van der Waals surface area contributed by atoms with Crippen LogP contribution in [0.2, 0.25) is 0 Å². The molecule has 0 saturated carbocycles. The van der Waals surface area contributed by atoms with Crippen molar-refractivity contribution in [3.8, 4) is 11.4 Å². The second-order valence-corrected chi connectivity index (χ2v) is 7.33. The molecule has 5 heteroatoms. The van der Waals surface area contributed by atoms with Crippen LogP contribution in [-0.2, 0) is 4.74 Å². The molecule has 1 saturated heterocycles. The first kappa shape index (κ1) is 18.7. The molecule has 0 spiro atoms. The van der Waals surface area contributed by atoms with E-state index < -0.39 is 0 Å². The van der Waals surface area contributed by atoms with Crippen molar-refractivity contribution in [3.05, 3.63) is 47.3 Å². The normalized spacial score (nSPS) is 23.0. The van der Waals surface area contributed by atoms with Crippen molar-refractivity contribution in [2.45, 2.75) is 39.9 Å². The Hall–Kier alpha value is -2.11. The third kappa shape index (κ3) is 3.84. The number of benzene rings is 1. The van der Waals surface area contributed by atoms with E-state index in [0.29, 0.717) is 6.54 Å². The fourth-order valence-corrected chi connectivity index (χ4v) is 4.03. The first-order valence-electron chi connectivity index (χ1n) is 9.24. The molecule has 2 unspecified atom stereocenters. The smallest absolute Gasteiger partial charge is 0.218 e. The van der Waals surface area contributed by atoms with Gasteiger partial charge in [-0.3, -0.25) is 4.79 Å². The van der Waals surface area contributed by atoms with Gasteiger partial charge in [0.1, 0.15) is 37.6 Å². The number of carbonyl (C=O) groups excluding carboxylic acids is 1. The maximum atomic E-state index is 12.9. The molecule has 2 aromatic rings. The van der Waals surface area contributed by atoms with Crippen molar-refractivity contribution in [2.75, 3.05) is 26.7 Å². The van der Waals surface area contributed by atoms with Crippen molar-refractivity contribution in [1.29, 1.82) is 0 Å². The van der Waals surface area contributed by atoms with Gasteiger partial charge in [-0.1, -0.05) is 0 Å². The molecule has 0 bridgehead atoms. The number of quaternary nitrogens is 1. The third-order valence-corrected chi connectivity index (χ3v) is 5.09. The van der Waals surface area contributed by atoms with Gasteiger partial charge in [-0.25, -0.2) is 0 Å².